The fraction of sp³-hybridized carbons (Fsp3) is 0.750. The van der Waals surface area contributed by atoms with Crippen LogP contribution >= 0.6 is 11.8 Å². The van der Waals surface area contributed by atoms with Crippen molar-refractivity contribution in [3.8, 4) is 0 Å². The molecule has 0 aliphatic carbocycles. The van der Waals surface area contributed by atoms with E-state index in [2.05, 4.69) is 5.32 Å². The molecule has 0 bridgehead atoms. The van der Waals surface area contributed by atoms with Crippen molar-refractivity contribution in [2.75, 3.05) is 45.8 Å². The van der Waals surface area contributed by atoms with Gasteiger partial charge in [-0.1, -0.05) is 0 Å². The first kappa shape index (κ1) is 23.3. The monoisotopic (exact) mass is 405 g/mol. The number of hydrogen-bond donors (Lipinski definition) is 3. The smallest absolute Gasteiger partial charge is 0.321 e. The quantitative estimate of drug-likeness (QED) is 0.240. The van der Waals surface area contributed by atoms with E-state index < -0.39 is 23.2 Å². The molecule has 1 aliphatic rings. The molecular weight excluding hydrogens is 378 g/mol. The minimum Gasteiger partial charge on any atom is -0.480 e. The zero-order valence-electron chi connectivity index (χ0n) is 15.3. The van der Waals surface area contributed by atoms with Gasteiger partial charge in [-0.05, 0) is 6.42 Å². The highest BCUT2D eigenvalue weighted by molar-refractivity contribution is 8.00. The number of carbonyl (C=O) groups is 4. The SMILES string of the molecule is COCCOCCCNC(=O)CCN1C(=O)CC(SCC(N)C(=O)O)C1=O. The first-order valence-electron chi connectivity index (χ1n) is 8.64. The van der Waals surface area contributed by atoms with Crippen molar-refractivity contribution in [3.05, 3.63) is 0 Å². The number of ether oxygens (including phenoxy) is 2. The van der Waals surface area contributed by atoms with Gasteiger partial charge in [-0.25, -0.2) is 0 Å². The van der Waals surface area contributed by atoms with Gasteiger partial charge in [0.1, 0.15) is 6.04 Å². The number of carboxylic acid groups (broad SMARTS) is 1. The molecule has 3 amide bonds. The molecule has 11 heteroatoms. The molecule has 1 saturated heterocycles. The molecule has 1 aliphatic heterocycles. The number of thioether (sulfide) groups is 1. The fourth-order valence-electron chi connectivity index (χ4n) is 2.26. The molecule has 0 radical (unpaired) electrons. The third-order valence-electron chi connectivity index (χ3n) is 3.78. The van der Waals surface area contributed by atoms with Crippen LogP contribution < -0.4 is 11.1 Å². The minimum absolute atomic E-state index is 0.00370. The van der Waals surface area contributed by atoms with Crippen LogP contribution in [0.2, 0.25) is 0 Å². The number of nitrogens with two attached hydrogens (primary N) is 1. The number of methoxy groups -OCH3 is 1. The lowest BCUT2D eigenvalue weighted by atomic mass is 10.3. The number of likely N-dealkylation sites (tertiary alicyclic amines) is 1. The summed E-state index contributed by atoms with van der Waals surface area (Å²) in [6, 6.07) is -1.09. The largest absolute Gasteiger partial charge is 0.480 e. The van der Waals surface area contributed by atoms with Crippen LogP contribution in [0.1, 0.15) is 19.3 Å². The van der Waals surface area contributed by atoms with Crippen molar-refractivity contribution in [3.63, 3.8) is 0 Å². The van der Waals surface area contributed by atoms with E-state index in [0.29, 0.717) is 32.8 Å². The molecule has 1 fully saturated rings. The van der Waals surface area contributed by atoms with Gasteiger partial charge >= 0.3 is 5.97 Å². The van der Waals surface area contributed by atoms with E-state index in [1.165, 1.54) is 0 Å². The lowest BCUT2D eigenvalue weighted by molar-refractivity contribution is -0.139. The van der Waals surface area contributed by atoms with Crippen molar-refractivity contribution in [2.45, 2.75) is 30.6 Å². The summed E-state index contributed by atoms with van der Waals surface area (Å²) in [7, 11) is 1.59. The average molecular weight is 405 g/mol. The van der Waals surface area contributed by atoms with Gasteiger partial charge in [0.2, 0.25) is 17.7 Å². The molecule has 0 aromatic carbocycles. The van der Waals surface area contributed by atoms with Crippen LogP contribution in [0.15, 0.2) is 0 Å². The molecule has 10 nitrogen and oxygen atoms in total. The Balaban J connectivity index is 2.23. The molecule has 154 valence electrons. The summed E-state index contributed by atoms with van der Waals surface area (Å²) in [5.74, 6) is -2.13. The molecule has 4 N–H and O–H groups in total. The summed E-state index contributed by atoms with van der Waals surface area (Å²) in [5.41, 5.74) is 5.40. The lowest BCUT2D eigenvalue weighted by Crippen LogP contribution is -2.37. The number of imide groups is 1. The van der Waals surface area contributed by atoms with Gasteiger partial charge in [0.05, 0.1) is 18.5 Å². The highest BCUT2D eigenvalue weighted by atomic mass is 32.2. The second-order valence-electron chi connectivity index (χ2n) is 5.91. The summed E-state index contributed by atoms with van der Waals surface area (Å²) in [6.07, 6.45) is 0.671. The van der Waals surface area contributed by atoms with Crippen LogP contribution in [-0.4, -0.2) is 90.8 Å². The third-order valence-corrected chi connectivity index (χ3v) is 5.10. The zero-order valence-corrected chi connectivity index (χ0v) is 16.2. The van der Waals surface area contributed by atoms with Crippen LogP contribution in [0.3, 0.4) is 0 Å². The summed E-state index contributed by atoms with van der Waals surface area (Å²) >= 11 is 1.05. The molecule has 0 aromatic heterocycles. The number of rotatable bonds is 14. The molecule has 2 atom stereocenters. The van der Waals surface area contributed by atoms with Gasteiger partial charge in [0.25, 0.3) is 0 Å². The maximum absolute atomic E-state index is 12.2. The van der Waals surface area contributed by atoms with Gasteiger partial charge in [-0.2, -0.15) is 0 Å². The molecule has 1 rings (SSSR count). The normalized spacial score (nSPS) is 18.0. The molecule has 0 aromatic rings. The van der Waals surface area contributed by atoms with Crippen molar-refractivity contribution >= 4 is 35.5 Å². The number of amides is 3. The topological polar surface area (TPSA) is 148 Å². The van der Waals surface area contributed by atoms with E-state index in [4.69, 9.17) is 20.3 Å². The van der Waals surface area contributed by atoms with Gasteiger partial charge in [0, 0.05) is 45.4 Å². The Labute approximate surface area is 162 Å². The van der Waals surface area contributed by atoms with Gasteiger partial charge in [-0.15, -0.1) is 11.8 Å². The van der Waals surface area contributed by atoms with Crippen molar-refractivity contribution in [2.24, 2.45) is 5.73 Å². The Kier molecular flexibility index (Phi) is 10.9. The predicted octanol–water partition coefficient (Wildman–Crippen LogP) is -1.18. The van der Waals surface area contributed by atoms with Crippen molar-refractivity contribution in [1.29, 1.82) is 0 Å². The third kappa shape index (κ3) is 8.69. The Bertz CT molecular complexity index is 532. The maximum Gasteiger partial charge on any atom is 0.321 e. The molecule has 0 saturated carbocycles. The van der Waals surface area contributed by atoms with Crippen LogP contribution in [0.4, 0.5) is 0 Å². The number of nitrogens with one attached hydrogen (secondary N) is 1. The van der Waals surface area contributed by atoms with Gasteiger partial charge < -0.3 is 25.6 Å². The van der Waals surface area contributed by atoms with Crippen LogP contribution in [0.25, 0.3) is 0 Å². The zero-order chi connectivity index (χ0) is 20.2. The summed E-state index contributed by atoms with van der Waals surface area (Å²) in [4.78, 5) is 47.8. The highest BCUT2D eigenvalue weighted by Crippen LogP contribution is 2.25. The molecule has 0 spiro atoms. The summed E-state index contributed by atoms with van der Waals surface area (Å²) in [5, 5.41) is 10.8. The predicted molar refractivity (Wildman–Crippen MR) is 98.1 cm³/mol. The Morgan fingerprint density at radius 3 is 2.78 bits per heavy atom. The second-order valence-corrected chi connectivity index (χ2v) is 7.15. The standard InChI is InChI=1S/C16H27N3O7S/c1-25-7-8-26-6-2-4-18-13(20)3-5-19-14(21)9-12(15(19)22)27-10-11(17)16(23)24/h11-12H,2-10,17H2,1H3,(H,18,20)(H,23,24). The Morgan fingerprint density at radius 2 is 2.11 bits per heavy atom. The summed E-state index contributed by atoms with van der Waals surface area (Å²) < 4.78 is 10.1. The van der Waals surface area contributed by atoms with Crippen molar-refractivity contribution in [1.82, 2.24) is 10.2 Å². The number of nitrogens with zero attached hydrogens (tertiary/aromatic N) is 1. The highest BCUT2D eigenvalue weighted by Gasteiger charge is 2.39. The summed E-state index contributed by atoms with van der Waals surface area (Å²) in [6.45, 7) is 1.98. The second kappa shape index (κ2) is 12.7. The minimum atomic E-state index is -1.16. The lowest BCUT2D eigenvalue weighted by Gasteiger charge is -2.15. The molecule has 2 unspecified atom stereocenters. The van der Waals surface area contributed by atoms with Gasteiger partial charge in [0.15, 0.2) is 0 Å². The number of carboxylic acids is 1. The number of carbonyl (C=O) groups excluding carboxylic acids is 3. The van der Waals surface area contributed by atoms with E-state index in [0.717, 1.165) is 16.7 Å². The number of hydrogen-bond acceptors (Lipinski definition) is 8. The van der Waals surface area contributed by atoms with Crippen LogP contribution in [0.5, 0.6) is 0 Å². The van der Waals surface area contributed by atoms with E-state index in [1.807, 2.05) is 0 Å². The molecule has 27 heavy (non-hydrogen) atoms. The van der Waals surface area contributed by atoms with Crippen LogP contribution in [-0.2, 0) is 28.7 Å². The first-order chi connectivity index (χ1) is 12.9. The number of aliphatic carboxylic acids is 1. The van der Waals surface area contributed by atoms with Crippen molar-refractivity contribution < 1.29 is 33.8 Å². The van der Waals surface area contributed by atoms with Gasteiger partial charge in [-0.3, -0.25) is 24.1 Å². The molecule has 1 heterocycles. The van der Waals surface area contributed by atoms with E-state index >= 15 is 0 Å². The Hall–Kier alpha value is -1.69. The van der Waals surface area contributed by atoms with E-state index in [1.54, 1.807) is 7.11 Å². The Morgan fingerprint density at radius 1 is 1.37 bits per heavy atom. The average Bonchev–Trinajstić information content (AvgIpc) is 2.90. The first-order valence-corrected chi connectivity index (χ1v) is 9.69. The molecular formula is C16H27N3O7S. The maximum atomic E-state index is 12.2. The van der Waals surface area contributed by atoms with E-state index in [-0.39, 0.29) is 37.0 Å². The fourth-order valence-corrected chi connectivity index (χ4v) is 3.37. The van der Waals surface area contributed by atoms with Crippen LogP contribution in [0, 0.1) is 0 Å². The van der Waals surface area contributed by atoms with E-state index in [9.17, 15) is 19.2 Å².